The smallest absolute Gasteiger partial charge is 0.376 e. The van der Waals surface area contributed by atoms with Crippen LogP contribution in [0, 0.1) is 0 Å². The molecule has 1 aliphatic rings. The summed E-state index contributed by atoms with van der Waals surface area (Å²) in [4.78, 5) is 35.3. The van der Waals surface area contributed by atoms with Gasteiger partial charge in [0.1, 0.15) is 17.8 Å². The topological polar surface area (TPSA) is 89.3 Å². The van der Waals surface area contributed by atoms with Gasteiger partial charge in [-0.3, -0.25) is 14.2 Å². The number of fused-ring (bicyclic) bond motifs is 1. The lowest BCUT2D eigenvalue weighted by atomic mass is 9.93. The number of hydrogen-bond acceptors (Lipinski definition) is 6. The van der Waals surface area contributed by atoms with Crippen LogP contribution in [0.1, 0.15) is 43.0 Å². The molecule has 4 rings (SSSR count). The number of methoxy groups -OCH3 is 1. The largest absolute Gasteiger partial charge is 0.416 e. The molecule has 1 saturated heterocycles. The molecule has 1 aliphatic heterocycles. The molecule has 3 aromatic rings. The first-order valence-electron chi connectivity index (χ1n) is 11.5. The molecule has 36 heavy (non-hydrogen) atoms. The molecule has 3 heterocycles. The second kappa shape index (κ2) is 9.53. The molecule has 1 fully saturated rings. The van der Waals surface area contributed by atoms with Gasteiger partial charge in [-0.25, -0.2) is 9.97 Å². The molecule has 1 amide bonds. The Bertz CT molecular complexity index is 1360. The number of carbonyl (C=O) groups excluding carboxylic acids is 1. The van der Waals surface area contributed by atoms with Crippen molar-refractivity contribution in [3.63, 3.8) is 0 Å². The molecule has 2 aromatic heterocycles. The zero-order valence-corrected chi connectivity index (χ0v) is 20.5. The monoisotopic (exact) mass is 503 g/mol. The van der Waals surface area contributed by atoms with Crippen molar-refractivity contribution in [2.24, 2.45) is 7.05 Å². The number of rotatable bonds is 6. The molecule has 0 saturated carbocycles. The van der Waals surface area contributed by atoms with Gasteiger partial charge in [-0.15, -0.1) is 0 Å². The number of benzene rings is 1. The Morgan fingerprint density at radius 3 is 2.67 bits per heavy atom. The van der Waals surface area contributed by atoms with Crippen LogP contribution in [0.15, 0.2) is 41.5 Å². The highest BCUT2D eigenvalue weighted by Crippen LogP contribution is 2.33. The van der Waals surface area contributed by atoms with Gasteiger partial charge in [0.25, 0.3) is 5.56 Å². The lowest BCUT2D eigenvalue weighted by molar-refractivity contribution is -0.137. The van der Waals surface area contributed by atoms with Crippen LogP contribution < -0.4 is 10.9 Å². The molecule has 0 unspecified atom stereocenters. The second-order valence-corrected chi connectivity index (χ2v) is 9.24. The quantitative estimate of drug-likeness (QED) is 0.552. The first-order valence-corrected chi connectivity index (χ1v) is 11.5. The summed E-state index contributed by atoms with van der Waals surface area (Å²) in [7, 11) is 3.18. The third-order valence-electron chi connectivity index (χ3n) is 6.85. The van der Waals surface area contributed by atoms with E-state index < -0.39 is 23.4 Å². The number of nitrogens with one attached hydrogen (secondary N) is 1. The van der Waals surface area contributed by atoms with Crippen LogP contribution in [0.5, 0.6) is 0 Å². The van der Waals surface area contributed by atoms with Gasteiger partial charge in [0.05, 0.1) is 23.1 Å². The minimum absolute atomic E-state index is 0.0520. The molecule has 0 bridgehead atoms. The number of halogens is 3. The van der Waals surface area contributed by atoms with Crippen molar-refractivity contribution in [3.05, 3.63) is 63.7 Å². The summed E-state index contributed by atoms with van der Waals surface area (Å²) < 4.78 is 46.8. The Morgan fingerprint density at radius 1 is 1.28 bits per heavy atom. The Morgan fingerprint density at radius 2 is 2.03 bits per heavy atom. The van der Waals surface area contributed by atoms with Gasteiger partial charge in [-0.1, -0.05) is 12.1 Å². The number of alkyl halides is 3. The highest BCUT2D eigenvalue weighted by molar-refractivity contribution is 5.87. The van der Waals surface area contributed by atoms with E-state index >= 15 is 0 Å². The number of ether oxygens (including phenoxy) is 1. The first-order chi connectivity index (χ1) is 16.9. The molecule has 8 nitrogen and oxygen atoms in total. The predicted molar refractivity (Wildman–Crippen MR) is 129 cm³/mol. The molecule has 2 atom stereocenters. The number of carbonyl (C=O) groups is 1. The second-order valence-electron chi connectivity index (χ2n) is 9.24. The minimum atomic E-state index is -4.44. The fourth-order valence-electron chi connectivity index (χ4n) is 4.69. The normalized spacial score (nSPS) is 19.0. The summed E-state index contributed by atoms with van der Waals surface area (Å²) in [5, 5.41) is 3.73. The molecule has 192 valence electrons. The molecule has 1 aromatic carbocycles. The SMILES string of the molecule is CO[C@@]1(Cc2cc3c(N[C@H](C)c4cccc(C(F)(F)F)c4)ncnc3n(C)c2=O)CCN(C(C)=O)C1. The predicted octanol–water partition coefficient (Wildman–Crippen LogP) is 3.70. The number of likely N-dealkylation sites (tertiary alicyclic amines) is 1. The van der Waals surface area contributed by atoms with Gasteiger partial charge < -0.3 is 15.0 Å². The van der Waals surface area contributed by atoms with Crippen molar-refractivity contribution >= 4 is 22.8 Å². The number of aryl methyl sites for hydroxylation is 1. The summed E-state index contributed by atoms with van der Waals surface area (Å²) >= 11 is 0. The maximum Gasteiger partial charge on any atom is 0.416 e. The van der Waals surface area contributed by atoms with Crippen LogP contribution in [0.2, 0.25) is 0 Å². The van der Waals surface area contributed by atoms with Crippen LogP contribution in [-0.2, 0) is 29.2 Å². The zero-order chi connectivity index (χ0) is 26.3. The van der Waals surface area contributed by atoms with Crippen LogP contribution in [-0.4, -0.2) is 51.1 Å². The Balaban J connectivity index is 1.70. The average molecular weight is 504 g/mol. The standard InChI is InChI=1S/C25H28F3N5O3/c1-15(17-6-5-7-19(10-17)25(26,27)28)31-21-20-11-18(23(35)32(3)22(20)30-14-29-21)12-24(36-4)8-9-33(13-24)16(2)34/h5-7,10-11,14-15H,8-9,12-13H2,1-4H3,(H,29,30,31)/t15-,24-/m1/s1. The Labute approximate surface area is 206 Å². The minimum Gasteiger partial charge on any atom is -0.376 e. The van der Waals surface area contributed by atoms with E-state index in [0.29, 0.717) is 47.5 Å². The van der Waals surface area contributed by atoms with Gasteiger partial charge >= 0.3 is 6.18 Å². The van der Waals surface area contributed by atoms with Crippen LogP contribution in [0.3, 0.4) is 0 Å². The van der Waals surface area contributed by atoms with Gasteiger partial charge in [0.15, 0.2) is 0 Å². The molecular weight excluding hydrogens is 475 g/mol. The fraction of sp³-hybridized carbons (Fsp3) is 0.440. The maximum absolute atomic E-state index is 13.2. The number of nitrogens with zero attached hydrogens (tertiary/aromatic N) is 4. The van der Waals surface area contributed by atoms with Crippen molar-refractivity contribution in [3.8, 4) is 0 Å². The van der Waals surface area contributed by atoms with Gasteiger partial charge in [0, 0.05) is 45.7 Å². The average Bonchev–Trinajstić information content (AvgIpc) is 3.27. The number of anilines is 1. The van der Waals surface area contributed by atoms with E-state index in [9.17, 15) is 22.8 Å². The van der Waals surface area contributed by atoms with E-state index in [4.69, 9.17) is 4.74 Å². The van der Waals surface area contributed by atoms with E-state index in [0.717, 1.165) is 12.1 Å². The number of aromatic nitrogens is 3. The summed E-state index contributed by atoms with van der Waals surface area (Å²) in [6, 6.07) is 6.31. The van der Waals surface area contributed by atoms with Crippen molar-refractivity contribution < 1.29 is 22.7 Å². The van der Waals surface area contributed by atoms with E-state index in [1.165, 1.54) is 23.9 Å². The number of pyridine rings is 1. The van der Waals surface area contributed by atoms with E-state index in [-0.39, 0.29) is 17.9 Å². The highest BCUT2D eigenvalue weighted by atomic mass is 19.4. The molecule has 1 N–H and O–H groups in total. The molecular formula is C25H28F3N5O3. The summed E-state index contributed by atoms with van der Waals surface area (Å²) in [5.74, 6) is 0.341. The van der Waals surface area contributed by atoms with Gasteiger partial charge in [0.2, 0.25) is 5.91 Å². The maximum atomic E-state index is 13.2. The van der Waals surface area contributed by atoms with E-state index in [2.05, 4.69) is 15.3 Å². The van der Waals surface area contributed by atoms with Crippen molar-refractivity contribution in [2.45, 2.75) is 44.5 Å². The third-order valence-corrected chi connectivity index (χ3v) is 6.85. The van der Waals surface area contributed by atoms with Gasteiger partial charge in [-0.05, 0) is 37.1 Å². The summed E-state index contributed by atoms with van der Waals surface area (Å²) in [6.07, 6.45) is -2.26. The molecule has 0 aliphatic carbocycles. The van der Waals surface area contributed by atoms with Gasteiger partial charge in [-0.2, -0.15) is 13.2 Å². The Kier molecular flexibility index (Phi) is 6.78. The van der Waals surface area contributed by atoms with Crippen LogP contribution >= 0.6 is 0 Å². The van der Waals surface area contributed by atoms with Crippen molar-refractivity contribution in [1.29, 1.82) is 0 Å². The van der Waals surface area contributed by atoms with Crippen LogP contribution in [0.4, 0.5) is 19.0 Å². The first kappa shape index (κ1) is 25.6. The van der Waals surface area contributed by atoms with E-state index in [1.807, 2.05) is 0 Å². The summed E-state index contributed by atoms with van der Waals surface area (Å²) in [6.45, 7) is 4.16. The number of hydrogen-bond donors (Lipinski definition) is 1. The van der Waals surface area contributed by atoms with Crippen molar-refractivity contribution in [2.75, 3.05) is 25.5 Å². The highest BCUT2D eigenvalue weighted by Gasteiger charge is 2.40. The molecule has 0 spiro atoms. The van der Waals surface area contributed by atoms with E-state index in [1.54, 1.807) is 38.1 Å². The Hall–Kier alpha value is -3.47. The lowest BCUT2D eigenvalue weighted by Gasteiger charge is -2.28. The number of amides is 1. The summed E-state index contributed by atoms with van der Waals surface area (Å²) in [5.41, 5.74) is -0.361. The molecule has 11 heteroatoms. The zero-order valence-electron chi connectivity index (χ0n) is 20.5. The molecule has 0 radical (unpaired) electrons. The third kappa shape index (κ3) is 4.92. The van der Waals surface area contributed by atoms with Crippen LogP contribution in [0.25, 0.3) is 11.0 Å². The van der Waals surface area contributed by atoms with Crippen molar-refractivity contribution in [1.82, 2.24) is 19.4 Å². The fourth-order valence-corrected chi connectivity index (χ4v) is 4.69. The lowest BCUT2D eigenvalue weighted by Crippen LogP contribution is -2.40.